The SMILES string of the molecule is CN1Cc2cccc(NCc3ccccc3)c2NS1(=O)=O.Cl. The summed E-state index contributed by atoms with van der Waals surface area (Å²) < 4.78 is 27.8. The van der Waals surface area contributed by atoms with E-state index in [-0.39, 0.29) is 12.4 Å². The lowest BCUT2D eigenvalue weighted by Crippen LogP contribution is -2.36. The minimum Gasteiger partial charge on any atom is -0.379 e. The van der Waals surface area contributed by atoms with Crippen LogP contribution in [0.4, 0.5) is 11.4 Å². The Morgan fingerprint density at radius 1 is 1.14 bits per heavy atom. The highest BCUT2D eigenvalue weighted by molar-refractivity contribution is 7.90. The molecule has 118 valence electrons. The molecular formula is C15H18ClN3O2S. The molecule has 0 saturated heterocycles. The van der Waals surface area contributed by atoms with Crippen LogP contribution in [0, 0.1) is 0 Å². The minimum atomic E-state index is -3.44. The van der Waals surface area contributed by atoms with Crippen LogP contribution in [0.2, 0.25) is 0 Å². The van der Waals surface area contributed by atoms with Gasteiger partial charge >= 0.3 is 10.2 Å². The summed E-state index contributed by atoms with van der Waals surface area (Å²) in [4.78, 5) is 0. The molecule has 22 heavy (non-hydrogen) atoms. The van der Waals surface area contributed by atoms with Crippen LogP contribution in [0.3, 0.4) is 0 Å². The number of hydrogen-bond acceptors (Lipinski definition) is 3. The Morgan fingerprint density at radius 2 is 1.86 bits per heavy atom. The Kier molecular flexibility index (Phi) is 4.95. The molecule has 2 aromatic rings. The van der Waals surface area contributed by atoms with E-state index in [0.717, 1.165) is 16.8 Å². The Bertz CT molecular complexity index is 751. The van der Waals surface area contributed by atoms with Gasteiger partial charge in [-0.05, 0) is 17.2 Å². The van der Waals surface area contributed by atoms with Gasteiger partial charge in [0.15, 0.2) is 0 Å². The van der Waals surface area contributed by atoms with Crippen LogP contribution >= 0.6 is 12.4 Å². The van der Waals surface area contributed by atoms with E-state index < -0.39 is 10.2 Å². The molecule has 0 fully saturated rings. The smallest absolute Gasteiger partial charge is 0.301 e. The summed E-state index contributed by atoms with van der Waals surface area (Å²) in [5.41, 5.74) is 3.55. The van der Waals surface area contributed by atoms with Gasteiger partial charge in [-0.1, -0.05) is 42.5 Å². The number of anilines is 2. The molecule has 2 aromatic carbocycles. The van der Waals surface area contributed by atoms with Crippen molar-refractivity contribution in [2.75, 3.05) is 17.1 Å². The molecule has 0 atom stereocenters. The highest BCUT2D eigenvalue weighted by Crippen LogP contribution is 2.32. The van der Waals surface area contributed by atoms with E-state index in [1.54, 1.807) is 7.05 Å². The van der Waals surface area contributed by atoms with Crippen molar-refractivity contribution in [2.24, 2.45) is 0 Å². The molecule has 0 unspecified atom stereocenters. The summed E-state index contributed by atoms with van der Waals surface area (Å²) in [5, 5.41) is 3.30. The Morgan fingerprint density at radius 3 is 2.59 bits per heavy atom. The van der Waals surface area contributed by atoms with Gasteiger partial charge < -0.3 is 5.32 Å². The number of fused-ring (bicyclic) bond motifs is 1. The van der Waals surface area contributed by atoms with Crippen LogP contribution in [0.1, 0.15) is 11.1 Å². The van der Waals surface area contributed by atoms with Gasteiger partial charge in [-0.3, -0.25) is 4.72 Å². The zero-order valence-electron chi connectivity index (χ0n) is 12.1. The predicted molar refractivity (Wildman–Crippen MR) is 91.5 cm³/mol. The van der Waals surface area contributed by atoms with Crippen molar-refractivity contribution in [3.63, 3.8) is 0 Å². The van der Waals surface area contributed by atoms with Crippen LogP contribution < -0.4 is 10.0 Å². The second-order valence-corrected chi connectivity index (χ2v) is 6.82. The Labute approximate surface area is 136 Å². The van der Waals surface area contributed by atoms with E-state index in [0.29, 0.717) is 18.8 Å². The fraction of sp³-hybridized carbons (Fsp3) is 0.200. The molecule has 1 aliphatic rings. The number of nitrogens with zero attached hydrogens (tertiary/aromatic N) is 1. The van der Waals surface area contributed by atoms with E-state index in [1.165, 1.54) is 4.31 Å². The zero-order valence-corrected chi connectivity index (χ0v) is 13.7. The summed E-state index contributed by atoms with van der Waals surface area (Å²) in [5.74, 6) is 0. The maximum Gasteiger partial charge on any atom is 0.301 e. The average molecular weight is 340 g/mol. The molecular weight excluding hydrogens is 322 g/mol. The Hall–Kier alpha value is -1.76. The average Bonchev–Trinajstić information content (AvgIpc) is 2.47. The second kappa shape index (κ2) is 6.56. The van der Waals surface area contributed by atoms with Crippen molar-refractivity contribution in [1.29, 1.82) is 0 Å². The molecule has 0 bridgehead atoms. The molecule has 1 aliphatic heterocycles. The van der Waals surface area contributed by atoms with Crippen molar-refractivity contribution in [1.82, 2.24) is 4.31 Å². The molecule has 7 heteroatoms. The highest BCUT2D eigenvalue weighted by atomic mass is 35.5. The van der Waals surface area contributed by atoms with Gasteiger partial charge in [0.1, 0.15) is 0 Å². The molecule has 3 rings (SSSR count). The first-order valence-electron chi connectivity index (χ1n) is 6.70. The van der Waals surface area contributed by atoms with Crippen LogP contribution in [-0.2, 0) is 23.3 Å². The summed E-state index contributed by atoms with van der Waals surface area (Å²) >= 11 is 0. The summed E-state index contributed by atoms with van der Waals surface area (Å²) in [6.45, 7) is 1.03. The second-order valence-electron chi connectivity index (χ2n) is 5.04. The molecule has 2 N–H and O–H groups in total. The molecule has 0 saturated carbocycles. The highest BCUT2D eigenvalue weighted by Gasteiger charge is 2.27. The van der Waals surface area contributed by atoms with Gasteiger partial charge in [0, 0.05) is 20.1 Å². The van der Waals surface area contributed by atoms with Crippen molar-refractivity contribution in [3.05, 3.63) is 59.7 Å². The van der Waals surface area contributed by atoms with Crippen LogP contribution in [0.25, 0.3) is 0 Å². The van der Waals surface area contributed by atoms with Crippen molar-refractivity contribution in [2.45, 2.75) is 13.1 Å². The van der Waals surface area contributed by atoms with Crippen LogP contribution in [0.5, 0.6) is 0 Å². The topological polar surface area (TPSA) is 61.4 Å². The van der Waals surface area contributed by atoms with E-state index in [2.05, 4.69) is 10.0 Å². The molecule has 0 spiro atoms. The van der Waals surface area contributed by atoms with Gasteiger partial charge in [0.25, 0.3) is 0 Å². The van der Waals surface area contributed by atoms with Crippen molar-refractivity contribution < 1.29 is 8.42 Å². The number of benzene rings is 2. The summed E-state index contributed by atoms with van der Waals surface area (Å²) in [6, 6.07) is 15.7. The van der Waals surface area contributed by atoms with Crippen molar-refractivity contribution >= 4 is 34.0 Å². The molecule has 0 amide bonds. The van der Waals surface area contributed by atoms with Gasteiger partial charge in [-0.15, -0.1) is 12.4 Å². The molecule has 0 aromatic heterocycles. The number of halogens is 1. The van der Waals surface area contributed by atoms with Crippen LogP contribution in [0.15, 0.2) is 48.5 Å². The van der Waals surface area contributed by atoms with E-state index >= 15 is 0 Å². The normalized spacial score (nSPS) is 16.0. The third-order valence-corrected chi connectivity index (χ3v) is 4.92. The lowest BCUT2D eigenvalue weighted by molar-refractivity contribution is 0.466. The first kappa shape index (κ1) is 16.6. The number of rotatable bonds is 3. The lowest BCUT2D eigenvalue weighted by atomic mass is 10.1. The Balaban J connectivity index is 0.00000176. The number of hydrogen-bond donors (Lipinski definition) is 2. The minimum absolute atomic E-state index is 0. The summed E-state index contributed by atoms with van der Waals surface area (Å²) in [7, 11) is -1.87. The molecule has 5 nitrogen and oxygen atoms in total. The van der Waals surface area contributed by atoms with E-state index in [9.17, 15) is 8.42 Å². The zero-order chi connectivity index (χ0) is 14.9. The first-order chi connectivity index (χ1) is 10.1. The van der Waals surface area contributed by atoms with E-state index in [1.807, 2.05) is 48.5 Å². The van der Waals surface area contributed by atoms with Gasteiger partial charge in [-0.2, -0.15) is 12.7 Å². The van der Waals surface area contributed by atoms with Crippen LogP contribution in [-0.4, -0.2) is 19.8 Å². The quantitative estimate of drug-likeness (QED) is 0.904. The third kappa shape index (κ3) is 3.35. The fourth-order valence-corrected chi connectivity index (χ4v) is 3.29. The van der Waals surface area contributed by atoms with E-state index in [4.69, 9.17) is 0 Å². The number of nitrogens with one attached hydrogen (secondary N) is 2. The molecule has 0 aliphatic carbocycles. The predicted octanol–water partition coefficient (Wildman–Crippen LogP) is 2.82. The third-order valence-electron chi connectivity index (χ3n) is 3.51. The summed E-state index contributed by atoms with van der Waals surface area (Å²) in [6.07, 6.45) is 0. The maximum absolute atomic E-state index is 12.0. The van der Waals surface area contributed by atoms with Gasteiger partial charge in [0.2, 0.25) is 0 Å². The van der Waals surface area contributed by atoms with Gasteiger partial charge in [0.05, 0.1) is 11.4 Å². The fourth-order valence-electron chi connectivity index (χ4n) is 2.32. The van der Waals surface area contributed by atoms with Gasteiger partial charge in [-0.25, -0.2) is 0 Å². The monoisotopic (exact) mass is 339 g/mol. The van der Waals surface area contributed by atoms with Crippen molar-refractivity contribution in [3.8, 4) is 0 Å². The largest absolute Gasteiger partial charge is 0.379 e. The maximum atomic E-state index is 12.0. The number of para-hydroxylation sites is 1. The molecule has 0 radical (unpaired) electrons. The molecule has 1 heterocycles. The standard InChI is InChI=1S/C15H17N3O2S.ClH/c1-18-11-13-8-5-9-14(15(13)17-21(18,19)20)16-10-12-6-3-2-4-7-12;/h2-9,16-17H,10-11H2,1H3;1H. The lowest BCUT2D eigenvalue weighted by Gasteiger charge is -2.28. The first-order valence-corrected chi connectivity index (χ1v) is 8.14.